The molecule has 0 aliphatic carbocycles. The minimum absolute atomic E-state index is 0.966. The van der Waals surface area contributed by atoms with Gasteiger partial charge in [-0.25, -0.2) is 0 Å². The van der Waals surface area contributed by atoms with Gasteiger partial charge in [-0.2, -0.15) is 0 Å². The highest BCUT2D eigenvalue weighted by Gasteiger charge is 2.04. The van der Waals surface area contributed by atoms with Crippen molar-refractivity contribution < 1.29 is 10.1 Å². The molecule has 0 radical (unpaired) electrons. The largest absolute Gasteiger partial charge is 0.496 e. The van der Waals surface area contributed by atoms with E-state index in [9.17, 15) is 0 Å². The summed E-state index contributed by atoms with van der Waals surface area (Å²) in [7, 11) is 1.71. The van der Waals surface area contributed by atoms with Crippen LogP contribution >= 0.6 is 15.9 Å². The molecule has 0 spiro atoms. The zero-order valence-electron chi connectivity index (χ0n) is 8.01. The summed E-state index contributed by atoms with van der Waals surface area (Å²) in [5, 5.41) is 2.24. The van der Waals surface area contributed by atoms with E-state index < -0.39 is 0 Å². The summed E-state index contributed by atoms with van der Waals surface area (Å²) in [5.74, 6) is 0.966. The fourth-order valence-corrected chi connectivity index (χ4v) is 1.62. The average Bonchev–Trinajstić information content (AvgIpc) is 2.15. The lowest BCUT2D eigenvalue weighted by Crippen LogP contribution is -2.81. The number of hydrogen-bond acceptors (Lipinski definition) is 1. The molecule has 0 aliphatic rings. The van der Waals surface area contributed by atoms with Gasteiger partial charge in [-0.3, -0.25) is 0 Å². The fourth-order valence-electron chi connectivity index (χ4n) is 1.21. The van der Waals surface area contributed by atoms with Crippen molar-refractivity contribution in [2.75, 3.05) is 13.7 Å². The number of halogens is 1. The van der Waals surface area contributed by atoms with Gasteiger partial charge in [0.15, 0.2) is 0 Å². The van der Waals surface area contributed by atoms with E-state index in [4.69, 9.17) is 4.74 Å². The number of ether oxygens (including phenoxy) is 1. The molecule has 3 heteroatoms. The Kier molecular flexibility index (Phi) is 4.25. The van der Waals surface area contributed by atoms with Crippen molar-refractivity contribution in [2.24, 2.45) is 0 Å². The van der Waals surface area contributed by atoms with Crippen LogP contribution in [0.5, 0.6) is 5.75 Å². The van der Waals surface area contributed by atoms with Crippen molar-refractivity contribution in [1.29, 1.82) is 0 Å². The zero-order chi connectivity index (χ0) is 9.68. The van der Waals surface area contributed by atoms with Gasteiger partial charge in [-0.15, -0.1) is 0 Å². The molecule has 1 aromatic carbocycles. The Morgan fingerprint density at radius 2 is 2.23 bits per heavy atom. The Morgan fingerprint density at radius 1 is 1.46 bits per heavy atom. The molecule has 1 aromatic rings. The van der Waals surface area contributed by atoms with Gasteiger partial charge >= 0.3 is 0 Å². The number of hydrogen-bond donors (Lipinski definition) is 1. The second-order valence-corrected chi connectivity index (χ2v) is 3.77. The van der Waals surface area contributed by atoms with Crippen LogP contribution < -0.4 is 10.1 Å². The van der Waals surface area contributed by atoms with E-state index in [1.165, 1.54) is 5.56 Å². The Morgan fingerprint density at radius 3 is 2.85 bits per heavy atom. The Bertz CT molecular complexity index is 276. The topological polar surface area (TPSA) is 25.8 Å². The molecular weight excluding hydrogens is 230 g/mol. The van der Waals surface area contributed by atoms with Gasteiger partial charge in [0.1, 0.15) is 12.3 Å². The highest BCUT2D eigenvalue weighted by atomic mass is 79.9. The Hall–Kier alpha value is -0.540. The van der Waals surface area contributed by atoms with Crippen molar-refractivity contribution >= 4 is 15.9 Å². The van der Waals surface area contributed by atoms with Crippen molar-refractivity contribution in [3.05, 3.63) is 28.2 Å². The standard InChI is InChI=1S/C10H14BrNO/c1-3-12-7-8-6-9(11)4-5-10(8)13-2/h4-6,12H,3,7H2,1-2H3/p+1. The molecule has 0 saturated carbocycles. The summed E-state index contributed by atoms with van der Waals surface area (Å²) in [4.78, 5) is 0. The molecular formula is C10H15BrNO+. The third kappa shape index (κ3) is 3.01. The summed E-state index contributed by atoms with van der Waals surface area (Å²) in [5.41, 5.74) is 1.23. The summed E-state index contributed by atoms with van der Waals surface area (Å²) in [6.45, 7) is 4.21. The predicted molar refractivity (Wildman–Crippen MR) is 56.9 cm³/mol. The molecule has 0 atom stereocenters. The van der Waals surface area contributed by atoms with Crippen LogP contribution in [0.15, 0.2) is 22.7 Å². The van der Waals surface area contributed by atoms with Gasteiger partial charge in [-0.05, 0) is 25.1 Å². The van der Waals surface area contributed by atoms with Gasteiger partial charge in [0.05, 0.1) is 13.7 Å². The molecule has 0 fully saturated rings. The SMILES string of the molecule is CC[NH2+]Cc1cc(Br)ccc1OC. The van der Waals surface area contributed by atoms with E-state index in [1.54, 1.807) is 7.11 Å². The molecule has 72 valence electrons. The lowest BCUT2D eigenvalue weighted by molar-refractivity contribution is -0.667. The molecule has 0 aliphatic heterocycles. The van der Waals surface area contributed by atoms with Crippen LogP contribution in [-0.2, 0) is 6.54 Å². The minimum atomic E-state index is 0.966. The molecule has 0 heterocycles. The maximum Gasteiger partial charge on any atom is 0.127 e. The minimum Gasteiger partial charge on any atom is -0.496 e. The first kappa shape index (κ1) is 10.5. The predicted octanol–water partition coefficient (Wildman–Crippen LogP) is 1.54. The molecule has 1 rings (SSSR count). The van der Waals surface area contributed by atoms with Crippen LogP contribution in [0, 0.1) is 0 Å². The third-order valence-electron chi connectivity index (χ3n) is 1.90. The van der Waals surface area contributed by atoms with Crippen molar-refractivity contribution in [3.63, 3.8) is 0 Å². The number of rotatable bonds is 4. The summed E-state index contributed by atoms with van der Waals surface area (Å²) >= 11 is 3.45. The monoisotopic (exact) mass is 244 g/mol. The summed E-state index contributed by atoms with van der Waals surface area (Å²) in [6, 6.07) is 6.09. The second kappa shape index (κ2) is 5.25. The van der Waals surface area contributed by atoms with Crippen LogP contribution in [0.25, 0.3) is 0 Å². The van der Waals surface area contributed by atoms with Crippen molar-refractivity contribution in [3.8, 4) is 5.75 Å². The lowest BCUT2D eigenvalue weighted by atomic mass is 10.2. The molecule has 13 heavy (non-hydrogen) atoms. The number of benzene rings is 1. The van der Waals surface area contributed by atoms with Gasteiger partial charge in [0.2, 0.25) is 0 Å². The highest BCUT2D eigenvalue weighted by Crippen LogP contribution is 2.21. The number of nitrogens with two attached hydrogens (primary N) is 1. The van der Waals surface area contributed by atoms with Crippen molar-refractivity contribution in [1.82, 2.24) is 0 Å². The van der Waals surface area contributed by atoms with Crippen molar-refractivity contribution in [2.45, 2.75) is 13.5 Å². The average molecular weight is 245 g/mol. The van der Waals surface area contributed by atoms with E-state index in [0.717, 1.165) is 23.3 Å². The first-order chi connectivity index (χ1) is 6.27. The second-order valence-electron chi connectivity index (χ2n) is 2.86. The molecule has 0 aromatic heterocycles. The quantitative estimate of drug-likeness (QED) is 0.855. The summed E-state index contributed by atoms with van der Waals surface area (Å²) < 4.78 is 6.36. The van der Waals surface area contributed by atoms with Crippen LogP contribution in [-0.4, -0.2) is 13.7 Å². The normalized spacial score (nSPS) is 10.1. The van der Waals surface area contributed by atoms with Gasteiger partial charge < -0.3 is 10.1 Å². The smallest absolute Gasteiger partial charge is 0.127 e. The molecule has 0 saturated heterocycles. The Labute approximate surface area is 87.4 Å². The van der Waals surface area contributed by atoms with Crippen LogP contribution in [0.3, 0.4) is 0 Å². The molecule has 0 bridgehead atoms. The van der Waals surface area contributed by atoms with Crippen LogP contribution in [0.4, 0.5) is 0 Å². The fraction of sp³-hybridized carbons (Fsp3) is 0.400. The van der Waals surface area contributed by atoms with Crippen LogP contribution in [0.1, 0.15) is 12.5 Å². The van der Waals surface area contributed by atoms with E-state index in [2.05, 4.69) is 34.2 Å². The first-order valence-corrected chi connectivity index (χ1v) is 5.21. The first-order valence-electron chi connectivity index (χ1n) is 4.42. The maximum absolute atomic E-state index is 5.26. The highest BCUT2D eigenvalue weighted by molar-refractivity contribution is 9.10. The molecule has 2 nitrogen and oxygen atoms in total. The van der Waals surface area contributed by atoms with E-state index in [1.807, 2.05) is 12.1 Å². The summed E-state index contributed by atoms with van der Waals surface area (Å²) in [6.07, 6.45) is 0. The maximum atomic E-state index is 5.26. The Balaban J connectivity index is 2.81. The van der Waals surface area contributed by atoms with Gasteiger partial charge in [0, 0.05) is 10.0 Å². The molecule has 0 amide bonds. The zero-order valence-corrected chi connectivity index (χ0v) is 9.60. The molecule has 2 N–H and O–H groups in total. The number of quaternary nitrogens is 1. The lowest BCUT2D eigenvalue weighted by Gasteiger charge is -2.07. The molecule has 0 unspecified atom stereocenters. The van der Waals surface area contributed by atoms with Crippen LogP contribution in [0.2, 0.25) is 0 Å². The number of methoxy groups -OCH3 is 1. The van der Waals surface area contributed by atoms with E-state index in [0.29, 0.717) is 0 Å². The van der Waals surface area contributed by atoms with Gasteiger partial charge in [0.25, 0.3) is 0 Å². The van der Waals surface area contributed by atoms with E-state index in [-0.39, 0.29) is 0 Å². The third-order valence-corrected chi connectivity index (χ3v) is 2.39. The van der Waals surface area contributed by atoms with Gasteiger partial charge in [-0.1, -0.05) is 15.9 Å². The van der Waals surface area contributed by atoms with E-state index >= 15 is 0 Å².